The number of ketones is 2. The average Bonchev–Trinajstić information content (AvgIpc) is 2.80. The predicted octanol–water partition coefficient (Wildman–Crippen LogP) is 3.08. The zero-order valence-electron chi connectivity index (χ0n) is 14.0. The van der Waals surface area contributed by atoms with Crippen LogP contribution in [0.3, 0.4) is 0 Å². The first-order chi connectivity index (χ1) is 10.9. The molecule has 3 nitrogen and oxygen atoms in total. The minimum atomic E-state index is -0.480. The Morgan fingerprint density at radius 1 is 1.26 bits per heavy atom. The van der Waals surface area contributed by atoms with E-state index in [1.165, 1.54) is 5.57 Å². The number of aliphatic hydroxyl groups excluding tert-OH is 1. The van der Waals surface area contributed by atoms with Crippen LogP contribution >= 0.6 is 0 Å². The zero-order chi connectivity index (χ0) is 16.4. The van der Waals surface area contributed by atoms with Crippen LogP contribution in [-0.4, -0.2) is 23.3 Å². The van der Waals surface area contributed by atoms with Crippen molar-refractivity contribution < 1.29 is 14.7 Å². The molecule has 0 aromatic carbocycles. The normalized spacial score (nSPS) is 48.6. The van der Waals surface area contributed by atoms with Crippen molar-refractivity contribution in [2.75, 3.05) is 6.61 Å². The van der Waals surface area contributed by atoms with Gasteiger partial charge >= 0.3 is 0 Å². The molecule has 0 amide bonds. The van der Waals surface area contributed by atoms with Crippen LogP contribution < -0.4 is 0 Å². The molecule has 0 radical (unpaired) electrons. The van der Waals surface area contributed by atoms with Gasteiger partial charge < -0.3 is 5.11 Å². The third-order valence-corrected chi connectivity index (χ3v) is 7.59. The van der Waals surface area contributed by atoms with Gasteiger partial charge in [0.15, 0.2) is 5.78 Å². The van der Waals surface area contributed by atoms with Crippen molar-refractivity contribution in [1.82, 2.24) is 0 Å². The minimum Gasteiger partial charge on any atom is -0.395 e. The third-order valence-electron chi connectivity index (χ3n) is 7.59. The summed E-state index contributed by atoms with van der Waals surface area (Å²) in [5, 5.41) is 10.1. The fourth-order valence-electron chi connectivity index (χ4n) is 6.37. The van der Waals surface area contributed by atoms with E-state index < -0.39 is 5.41 Å². The summed E-state index contributed by atoms with van der Waals surface area (Å²) in [6, 6.07) is 0. The molecule has 0 heterocycles. The molecule has 6 atom stereocenters. The second-order valence-electron chi connectivity index (χ2n) is 8.46. The van der Waals surface area contributed by atoms with E-state index in [0.717, 1.165) is 32.1 Å². The van der Waals surface area contributed by atoms with Crippen LogP contribution in [-0.2, 0) is 9.59 Å². The summed E-state index contributed by atoms with van der Waals surface area (Å²) in [7, 11) is 0. The maximum Gasteiger partial charge on any atom is 0.178 e. The number of fused-ring (bicyclic) bond motifs is 5. The molecule has 3 heteroatoms. The first-order valence-corrected chi connectivity index (χ1v) is 9.02. The lowest BCUT2D eigenvalue weighted by Crippen LogP contribution is -2.52. The number of Topliss-reactive ketones (excluding diaryl/α,β-unsaturated/α-hetero) is 1. The van der Waals surface area contributed by atoms with E-state index in [0.29, 0.717) is 23.5 Å². The molecule has 0 saturated heterocycles. The highest BCUT2D eigenvalue weighted by Gasteiger charge is 2.61. The van der Waals surface area contributed by atoms with Crippen LogP contribution in [0.25, 0.3) is 0 Å². The van der Waals surface area contributed by atoms with Crippen molar-refractivity contribution in [3.63, 3.8) is 0 Å². The van der Waals surface area contributed by atoms with Gasteiger partial charge in [0.2, 0.25) is 0 Å². The van der Waals surface area contributed by atoms with Gasteiger partial charge in [-0.3, -0.25) is 9.59 Å². The van der Waals surface area contributed by atoms with E-state index in [4.69, 9.17) is 0 Å². The molecule has 4 rings (SSSR count). The van der Waals surface area contributed by atoms with E-state index in [1.54, 1.807) is 6.08 Å². The minimum absolute atomic E-state index is 0.0117. The molecule has 1 N–H and O–H groups in total. The molecular weight excluding hydrogens is 288 g/mol. The summed E-state index contributed by atoms with van der Waals surface area (Å²) < 4.78 is 0. The Balaban J connectivity index is 1.73. The van der Waals surface area contributed by atoms with Crippen molar-refractivity contribution in [2.24, 2.45) is 34.5 Å². The number of rotatable bonds is 1. The average molecular weight is 314 g/mol. The first kappa shape index (κ1) is 15.3. The Bertz CT molecular complexity index is 631. The molecule has 3 saturated carbocycles. The second-order valence-corrected chi connectivity index (χ2v) is 8.46. The van der Waals surface area contributed by atoms with Gasteiger partial charge in [-0.15, -0.1) is 0 Å². The summed E-state index contributed by atoms with van der Waals surface area (Å²) >= 11 is 0. The summed E-state index contributed by atoms with van der Waals surface area (Å²) in [6.45, 7) is 4.31. The van der Waals surface area contributed by atoms with Crippen molar-refractivity contribution in [3.05, 3.63) is 23.8 Å². The van der Waals surface area contributed by atoms with Gasteiger partial charge in [0.1, 0.15) is 5.78 Å². The smallest absolute Gasteiger partial charge is 0.178 e. The number of allylic oxidation sites excluding steroid dienone is 4. The molecule has 4 aliphatic rings. The first-order valence-electron chi connectivity index (χ1n) is 9.02. The van der Waals surface area contributed by atoms with Crippen molar-refractivity contribution in [2.45, 2.75) is 46.0 Å². The van der Waals surface area contributed by atoms with Crippen LogP contribution in [0.1, 0.15) is 46.0 Å². The molecular formula is C20H26O3. The van der Waals surface area contributed by atoms with Crippen molar-refractivity contribution >= 4 is 11.6 Å². The van der Waals surface area contributed by atoms with E-state index in [9.17, 15) is 14.7 Å². The number of hydrogen-bond acceptors (Lipinski definition) is 3. The van der Waals surface area contributed by atoms with E-state index in [1.807, 2.05) is 13.0 Å². The highest BCUT2D eigenvalue weighted by Crippen LogP contribution is 2.64. The molecule has 0 aromatic heterocycles. The van der Waals surface area contributed by atoms with Gasteiger partial charge in [-0.2, -0.15) is 0 Å². The fourth-order valence-corrected chi connectivity index (χ4v) is 6.37. The molecule has 0 spiro atoms. The summed E-state index contributed by atoms with van der Waals surface area (Å²) in [6.07, 6.45) is 10.4. The van der Waals surface area contributed by atoms with E-state index >= 15 is 0 Å². The van der Waals surface area contributed by atoms with Crippen LogP contribution in [0.4, 0.5) is 0 Å². The van der Waals surface area contributed by atoms with E-state index in [2.05, 4.69) is 13.0 Å². The number of aliphatic hydroxyl groups is 1. The maximum absolute atomic E-state index is 12.7. The molecule has 3 fully saturated rings. The molecule has 4 aliphatic carbocycles. The number of carbonyl (C=O) groups excluding carboxylic acids is 2. The van der Waals surface area contributed by atoms with Crippen molar-refractivity contribution in [3.8, 4) is 0 Å². The van der Waals surface area contributed by atoms with E-state index in [-0.39, 0.29) is 23.7 Å². The molecule has 124 valence electrons. The molecule has 23 heavy (non-hydrogen) atoms. The van der Waals surface area contributed by atoms with Crippen LogP contribution in [0.2, 0.25) is 0 Å². The number of hydrogen-bond donors (Lipinski definition) is 1. The highest BCUT2D eigenvalue weighted by molar-refractivity contribution is 6.01. The van der Waals surface area contributed by atoms with Gasteiger partial charge in [-0.1, -0.05) is 25.5 Å². The second kappa shape index (κ2) is 4.89. The summed E-state index contributed by atoms with van der Waals surface area (Å²) in [5.41, 5.74) is 0.764. The van der Waals surface area contributed by atoms with Gasteiger partial charge in [-0.05, 0) is 62.0 Å². The zero-order valence-corrected chi connectivity index (χ0v) is 14.0. The molecule has 0 bridgehead atoms. The molecule has 0 aliphatic heterocycles. The lowest BCUT2D eigenvalue weighted by molar-refractivity contribution is -0.139. The van der Waals surface area contributed by atoms with Crippen LogP contribution in [0.15, 0.2) is 23.8 Å². The van der Waals surface area contributed by atoms with Gasteiger partial charge in [0.05, 0.1) is 12.0 Å². The van der Waals surface area contributed by atoms with Crippen LogP contribution in [0, 0.1) is 34.5 Å². The van der Waals surface area contributed by atoms with Gasteiger partial charge in [-0.25, -0.2) is 0 Å². The van der Waals surface area contributed by atoms with Gasteiger partial charge in [0, 0.05) is 11.3 Å². The summed E-state index contributed by atoms with van der Waals surface area (Å²) in [4.78, 5) is 24.5. The van der Waals surface area contributed by atoms with Crippen LogP contribution in [0.5, 0.6) is 0 Å². The Kier molecular flexibility index (Phi) is 3.26. The standard InChI is InChI=1S/C20H26O3/c1-12-9-17-15-4-3-13-10-14(22)5-7-19(13,2)16(15)6-8-20(17,11-21)18(12)23/h5,7,10,12,15-17,21H,3-4,6,8-9,11H2,1-2H3/t12-,15+,16-,17-,19-,20+/m0/s1. The Morgan fingerprint density at radius 2 is 2.04 bits per heavy atom. The van der Waals surface area contributed by atoms with Crippen molar-refractivity contribution in [1.29, 1.82) is 0 Å². The maximum atomic E-state index is 12.7. The predicted molar refractivity (Wildman–Crippen MR) is 87.6 cm³/mol. The monoisotopic (exact) mass is 314 g/mol. The Morgan fingerprint density at radius 3 is 2.78 bits per heavy atom. The molecule has 0 unspecified atom stereocenters. The fraction of sp³-hybridized carbons (Fsp3) is 0.700. The van der Waals surface area contributed by atoms with Gasteiger partial charge in [0.25, 0.3) is 0 Å². The quantitative estimate of drug-likeness (QED) is 0.809. The SMILES string of the molecule is C[C@H]1C[C@H]2[C@@H]3CCC4=CC(=O)C=C[C@]4(C)[C@H]3CC[C@]2(CO)C1=O. The number of carbonyl (C=O) groups is 2. The third kappa shape index (κ3) is 1.86. The summed E-state index contributed by atoms with van der Waals surface area (Å²) in [5.74, 6) is 1.79. The Labute approximate surface area is 137 Å². The lowest BCUT2D eigenvalue weighted by atomic mass is 9.48. The highest BCUT2D eigenvalue weighted by atomic mass is 16.3. The Hall–Kier alpha value is -1.22. The topological polar surface area (TPSA) is 54.4 Å². The molecule has 0 aromatic rings. The largest absolute Gasteiger partial charge is 0.395 e. The lowest BCUT2D eigenvalue weighted by Gasteiger charge is -2.55.